The Morgan fingerprint density at radius 3 is 1.80 bits per heavy atom. The lowest BCUT2D eigenvalue weighted by Crippen LogP contribution is -2.39. The molecule has 0 saturated carbocycles. The summed E-state index contributed by atoms with van der Waals surface area (Å²) in [6, 6.07) is 1.93. The third-order valence-corrected chi connectivity index (χ3v) is 3.13. The zero-order chi connectivity index (χ0) is 12.0. The fourth-order valence-electron chi connectivity index (χ4n) is 1.72. The number of rotatable bonds is 7. The van der Waals surface area contributed by atoms with Crippen molar-refractivity contribution >= 4 is 0 Å². The average Bonchev–Trinajstić information content (AvgIpc) is 2.10. The average molecular weight is 214 g/mol. The smallest absolute Gasteiger partial charge is 0.00929 e. The van der Waals surface area contributed by atoms with Crippen LogP contribution in [-0.2, 0) is 0 Å². The van der Waals surface area contributed by atoms with Crippen molar-refractivity contribution in [3.8, 4) is 0 Å². The Morgan fingerprint density at radius 1 is 0.933 bits per heavy atom. The van der Waals surface area contributed by atoms with Crippen molar-refractivity contribution in [1.82, 2.24) is 10.2 Å². The first kappa shape index (κ1) is 14.9. The number of nitrogens with one attached hydrogen (secondary N) is 1. The van der Waals surface area contributed by atoms with Crippen molar-refractivity contribution in [3.05, 3.63) is 0 Å². The molecule has 92 valence electrons. The summed E-state index contributed by atoms with van der Waals surface area (Å²) >= 11 is 0. The second kappa shape index (κ2) is 7.24. The Balaban J connectivity index is 3.96. The van der Waals surface area contributed by atoms with Gasteiger partial charge in [-0.3, -0.25) is 0 Å². The van der Waals surface area contributed by atoms with Gasteiger partial charge in [0.15, 0.2) is 0 Å². The van der Waals surface area contributed by atoms with E-state index < -0.39 is 0 Å². The number of hydrogen-bond acceptors (Lipinski definition) is 2. The molecule has 0 radical (unpaired) electrons. The Bertz CT molecular complexity index is 153. The highest BCUT2D eigenvalue weighted by molar-refractivity contribution is 4.74. The maximum atomic E-state index is 3.66. The van der Waals surface area contributed by atoms with E-state index in [0.29, 0.717) is 18.1 Å². The number of hydrogen-bond donors (Lipinski definition) is 1. The zero-order valence-electron chi connectivity index (χ0n) is 11.7. The van der Waals surface area contributed by atoms with Gasteiger partial charge in [0.1, 0.15) is 0 Å². The molecule has 2 nitrogen and oxygen atoms in total. The summed E-state index contributed by atoms with van der Waals surface area (Å²) in [6.07, 6.45) is 2.55. The van der Waals surface area contributed by atoms with E-state index in [0.717, 1.165) is 5.92 Å². The minimum absolute atomic E-state index is 0.590. The molecule has 0 aliphatic rings. The maximum absolute atomic E-state index is 3.66. The van der Waals surface area contributed by atoms with Crippen molar-refractivity contribution in [2.24, 2.45) is 5.92 Å². The van der Waals surface area contributed by atoms with E-state index in [1.807, 2.05) is 0 Å². The summed E-state index contributed by atoms with van der Waals surface area (Å²) in [6.45, 7) is 11.4. The SMILES string of the molecule is CC(C)NC(CCC(C)N(C)C)C(C)C. The van der Waals surface area contributed by atoms with Crippen molar-refractivity contribution in [2.75, 3.05) is 14.1 Å². The summed E-state index contributed by atoms with van der Waals surface area (Å²) in [5.41, 5.74) is 0. The van der Waals surface area contributed by atoms with Crippen LogP contribution in [-0.4, -0.2) is 37.1 Å². The molecule has 0 aliphatic heterocycles. The predicted molar refractivity (Wildman–Crippen MR) is 69.3 cm³/mol. The zero-order valence-corrected chi connectivity index (χ0v) is 11.7. The van der Waals surface area contributed by atoms with Gasteiger partial charge in [0.2, 0.25) is 0 Å². The molecule has 0 aromatic carbocycles. The van der Waals surface area contributed by atoms with Crippen LogP contribution in [0.5, 0.6) is 0 Å². The summed E-state index contributed by atoms with van der Waals surface area (Å²) in [7, 11) is 4.32. The second-order valence-electron chi connectivity index (χ2n) is 5.56. The molecule has 0 aromatic heterocycles. The Morgan fingerprint density at radius 2 is 1.47 bits per heavy atom. The molecule has 2 atom stereocenters. The minimum Gasteiger partial charge on any atom is -0.312 e. The fourth-order valence-corrected chi connectivity index (χ4v) is 1.72. The molecule has 0 bridgehead atoms. The molecule has 0 aromatic rings. The van der Waals surface area contributed by atoms with Crippen LogP contribution < -0.4 is 5.32 Å². The van der Waals surface area contributed by atoms with Crippen molar-refractivity contribution < 1.29 is 0 Å². The minimum atomic E-state index is 0.590. The van der Waals surface area contributed by atoms with Crippen LogP contribution in [0.2, 0.25) is 0 Å². The van der Waals surface area contributed by atoms with Gasteiger partial charge in [0, 0.05) is 18.1 Å². The first-order valence-corrected chi connectivity index (χ1v) is 6.27. The van der Waals surface area contributed by atoms with E-state index >= 15 is 0 Å². The van der Waals surface area contributed by atoms with E-state index in [1.54, 1.807) is 0 Å². The lowest BCUT2D eigenvalue weighted by molar-refractivity contribution is 0.262. The first-order valence-electron chi connectivity index (χ1n) is 6.27. The molecular weight excluding hydrogens is 184 g/mol. The van der Waals surface area contributed by atoms with Gasteiger partial charge in [-0.05, 0) is 39.8 Å². The maximum Gasteiger partial charge on any atom is 0.00929 e. The van der Waals surface area contributed by atoms with Gasteiger partial charge in [-0.2, -0.15) is 0 Å². The third-order valence-electron chi connectivity index (χ3n) is 3.13. The molecule has 0 heterocycles. The Labute approximate surface area is 96.4 Å². The van der Waals surface area contributed by atoms with Crippen LogP contribution in [0.1, 0.15) is 47.5 Å². The molecular formula is C13H30N2. The highest BCUT2D eigenvalue weighted by Crippen LogP contribution is 2.12. The number of nitrogens with zero attached hydrogens (tertiary/aromatic N) is 1. The lowest BCUT2D eigenvalue weighted by atomic mass is 9.96. The van der Waals surface area contributed by atoms with Gasteiger partial charge in [-0.15, -0.1) is 0 Å². The second-order valence-corrected chi connectivity index (χ2v) is 5.56. The predicted octanol–water partition coefficient (Wildman–Crippen LogP) is 2.74. The molecule has 2 heteroatoms. The van der Waals surface area contributed by atoms with E-state index in [1.165, 1.54) is 12.8 Å². The molecule has 1 N–H and O–H groups in total. The molecule has 0 aliphatic carbocycles. The summed E-state index contributed by atoms with van der Waals surface area (Å²) in [4.78, 5) is 2.30. The molecule has 0 spiro atoms. The normalized spacial score (nSPS) is 16.4. The monoisotopic (exact) mass is 214 g/mol. The van der Waals surface area contributed by atoms with E-state index in [4.69, 9.17) is 0 Å². The van der Waals surface area contributed by atoms with Crippen LogP contribution in [0.4, 0.5) is 0 Å². The summed E-state index contributed by atoms with van der Waals surface area (Å²) < 4.78 is 0. The van der Waals surface area contributed by atoms with Gasteiger partial charge in [0.25, 0.3) is 0 Å². The van der Waals surface area contributed by atoms with Crippen LogP contribution in [0, 0.1) is 5.92 Å². The molecule has 0 fully saturated rings. The molecule has 0 amide bonds. The van der Waals surface area contributed by atoms with Crippen LogP contribution in [0.3, 0.4) is 0 Å². The third kappa shape index (κ3) is 6.91. The van der Waals surface area contributed by atoms with Crippen LogP contribution >= 0.6 is 0 Å². The van der Waals surface area contributed by atoms with Gasteiger partial charge < -0.3 is 10.2 Å². The quantitative estimate of drug-likeness (QED) is 0.701. The Kier molecular flexibility index (Phi) is 7.20. The van der Waals surface area contributed by atoms with E-state index in [9.17, 15) is 0 Å². The molecule has 2 unspecified atom stereocenters. The molecule has 0 saturated heterocycles. The van der Waals surface area contributed by atoms with Crippen molar-refractivity contribution in [1.29, 1.82) is 0 Å². The van der Waals surface area contributed by atoms with Gasteiger partial charge >= 0.3 is 0 Å². The van der Waals surface area contributed by atoms with Gasteiger partial charge in [-0.1, -0.05) is 27.7 Å². The first-order chi connectivity index (χ1) is 6.84. The largest absolute Gasteiger partial charge is 0.312 e. The fraction of sp³-hybridized carbons (Fsp3) is 1.00. The topological polar surface area (TPSA) is 15.3 Å². The van der Waals surface area contributed by atoms with Gasteiger partial charge in [0.05, 0.1) is 0 Å². The van der Waals surface area contributed by atoms with Crippen LogP contribution in [0.25, 0.3) is 0 Å². The molecule has 0 rings (SSSR count). The van der Waals surface area contributed by atoms with E-state index in [-0.39, 0.29) is 0 Å². The summed E-state index contributed by atoms with van der Waals surface area (Å²) in [5.74, 6) is 0.724. The van der Waals surface area contributed by atoms with Crippen LogP contribution in [0.15, 0.2) is 0 Å². The van der Waals surface area contributed by atoms with Crippen molar-refractivity contribution in [2.45, 2.75) is 65.6 Å². The Hall–Kier alpha value is -0.0800. The highest BCUT2D eigenvalue weighted by atomic mass is 15.1. The summed E-state index contributed by atoms with van der Waals surface area (Å²) in [5, 5.41) is 3.66. The highest BCUT2D eigenvalue weighted by Gasteiger charge is 2.15. The standard InChI is InChI=1S/C13H30N2/c1-10(2)13(14-11(3)4)9-8-12(5)15(6)7/h10-14H,8-9H2,1-7H3. The van der Waals surface area contributed by atoms with Crippen molar-refractivity contribution in [3.63, 3.8) is 0 Å². The van der Waals surface area contributed by atoms with Gasteiger partial charge in [-0.25, -0.2) is 0 Å². The molecule has 15 heavy (non-hydrogen) atoms. The lowest BCUT2D eigenvalue weighted by Gasteiger charge is -2.27. The van der Waals surface area contributed by atoms with E-state index in [2.05, 4.69) is 58.9 Å².